The van der Waals surface area contributed by atoms with E-state index in [1.165, 1.54) is 11.6 Å². The summed E-state index contributed by atoms with van der Waals surface area (Å²) in [6.07, 6.45) is 8.43. The molecule has 3 rings (SSSR count). The first-order valence-electron chi connectivity index (χ1n) is 7.55. The fraction of sp³-hybridized carbons (Fsp3) is 0.688. The molecule has 1 fully saturated rings. The monoisotopic (exact) mass is 290 g/mol. The Bertz CT molecular complexity index is 504. The Hall–Kier alpha value is -0.416. The molecule has 1 saturated carbocycles. The Morgan fingerprint density at radius 2 is 1.74 bits per heavy atom. The first-order chi connectivity index (χ1) is 8.60. The maximum Gasteiger partial charge on any atom is 0.159 e. The fourth-order valence-electron chi connectivity index (χ4n) is 4.96. The topological polar surface area (TPSA) is 17.1 Å². The standard InChI is InChI=1S/C16H26OSi2/c1-18(2,3)14-10-13-11-7-8-12(9-11)16(13,15(14)17)19(4,5)6/h7-8,10-13H,9H2,1-6H3/t11-,12+,13-,16-/m1/s1. The molecule has 0 aromatic carbocycles. The van der Waals surface area contributed by atoms with E-state index in [0.29, 0.717) is 23.5 Å². The van der Waals surface area contributed by atoms with Gasteiger partial charge in [0, 0.05) is 5.04 Å². The van der Waals surface area contributed by atoms with Gasteiger partial charge in [-0.15, -0.1) is 0 Å². The molecule has 0 amide bonds. The zero-order valence-electron chi connectivity index (χ0n) is 13.1. The van der Waals surface area contributed by atoms with E-state index in [0.717, 1.165) is 0 Å². The van der Waals surface area contributed by atoms with Gasteiger partial charge in [-0.2, -0.15) is 0 Å². The van der Waals surface area contributed by atoms with Crippen molar-refractivity contribution in [3.05, 3.63) is 23.4 Å². The average molecular weight is 291 g/mol. The highest BCUT2D eigenvalue weighted by molar-refractivity contribution is 6.91. The van der Waals surface area contributed by atoms with E-state index in [-0.39, 0.29) is 5.04 Å². The number of carbonyl (C=O) groups is 1. The van der Waals surface area contributed by atoms with E-state index in [1.54, 1.807) is 0 Å². The Labute approximate surface area is 119 Å². The molecule has 0 aromatic heterocycles. The van der Waals surface area contributed by atoms with Gasteiger partial charge in [-0.25, -0.2) is 0 Å². The van der Waals surface area contributed by atoms with Crippen LogP contribution in [-0.2, 0) is 4.79 Å². The van der Waals surface area contributed by atoms with E-state index < -0.39 is 16.1 Å². The van der Waals surface area contributed by atoms with E-state index in [9.17, 15) is 4.79 Å². The van der Waals surface area contributed by atoms with Crippen molar-refractivity contribution in [2.75, 3.05) is 0 Å². The highest BCUT2D eigenvalue weighted by atomic mass is 28.3. The maximum atomic E-state index is 13.4. The van der Waals surface area contributed by atoms with Crippen molar-refractivity contribution in [3.63, 3.8) is 0 Å². The Morgan fingerprint density at radius 1 is 1.11 bits per heavy atom. The van der Waals surface area contributed by atoms with Crippen molar-refractivity contribution in [2.24, 2.45) is 17.8 Å². The van der Waals surface area contributed by atoms with Crippen molar-refractivity contribution in [1.29, 1.82) is 0 Å². The smallest absolute Gasteiger partial charge is 0.159 e. The molecule has 0 unspecified atom stereocenters. The molecule has 0 aliphatic heterocycles. The van der Waals surface area contributed by atoms with Gasteiger partial charge in [0.1, 0.15) is 0 Å². The van der Waals surface area contributed by atoms with Crippen LogP contribution in [0.4, 0.5) is 0 Å². The fourth-order valence-corrected chi connectivity index (χ4v) is 10.1. The maximum absolute atomic E-state index is 13.4. The molecule has 0 spiro atoms. The number of allylic oxidation sites excluding steroid dienone is 4. The van der Waals surface area contributed by atoms with Gasteiger partial charge in [-0.05, 0) is 29.4 Å². The van der Waals surface area contributed by atoms with Crippen molar-refractivity contribution in [2.45, 2.75) is 50.7 Å². The zero-order valence-corrected chi connectivity index (χ0v) is 15.1. The number of ketones is 1. The summed E-state index contributed by atoms with van der Waals surface area (Å²) in [4.78, 5) is 13.4. The predicted molar refractivity (Wildman–Crippen MR) is 86.7 cm³/mol. The molecule has 0 saturated heterocycles. The summed E-state index contributed by atoms with van der Waals surface area (Å²) >= 11 is 0. The highest BCUT2D eigenvalue weighted by Gasteiger charge is 2.68. The number of fused-ring (bicyclic) bond motifs is 5. The Kier molecular flexibility index (Phi) is 2.58. The molecule has 4 atom stereocenters. The minimum Gasteiger partial charge on any atom is -0.295 e. The number of hydrogen-bond donors (Lipinski definition) is 0. The third-order valence-electron chi connectivity index (χ3n) is 5.70. The van der Waals surface area contributed by atoms with Gasteiger partial charge in [0.05, 0.1) is 16.1 Å². The Balaban J connectivity index is 2.17. The van der Waals surface area contributed by atoms with Gasteiger partial charge < -0.3 is 0 Å². The lowest BCUT2D eigenvalue weighted by atomic mass is 9.83. The quantitative estimate of drug-likeness (QED) is 0.548. The lowest BCUT2D eigenvalue weighted by Gasteiger charge is -2.45. The van der Waals surface area contributed by atoms with Gasteiger partial charge in [0.25, 0.3) is 0 Å². The van der Waals surface area contributed by atoms with Crippen LogP contribution in [0, 0.1) is 17.8 Å². The van der Waals surface area contributed by atoms with Crippen molar-refractivity contribution in [1.82, 2.24) is 0 Å². The molecular formula is C16H26OSi2. The predicted octanol–water partition coefficient (Wildman–Crippen LogP) is 4.27. The van der Waals surface area contributed by atoms with Crippen molar-refractivity contribution < 1.29 is 4.79 Å². The molecule has 3 aliphatic rings. The summed E-state index contributed by atoms with van der Waals surface area (Å²) < 4.78 is 0. The number of carbonyl (C=O) groups excluding carboxylic acids is 1. The third kappa shape index (κ3) is 1.49. The SMILES string of the molecule is C[Si](C)(C)C1=C[C@@H]2[C@@H]3C=C[C@@H](C3)[C@]2([Si](C)(C)C)C1=O. The lowest BCUT2D eigenvalue weighted by Crippen LogP contribution is -2.51. The zero-order chi connectivity index (χ0) is 14.2. The first-order valence-corrected chi connectivity index (χ1v) is 14.6. The molecule has 1 nitrogen and oxygen atoms in total. The van der Waals surface area contributed by atoms with Crippen LogP contribution in [0.15, 0.2) is 23.4 Å². The van der Waals surface area contributed by atoms with Gasteiger partial charge in [-0.3, -0.25) is 4.79 Å². The van der Waals surface area contributed by atoms with Crippen LogP contribution < -0.4 is 0 Å². The number of hydrogen-bond acceptors (Lipinski definition) is 1. The summed E-state index contributed by atoms with van der Waals surface area (Å²) in [6, 6.07) is 0. The van der Waals surface area contributed by atoms with Crippen molar-refractivity contribution in [3.8, 4) is 0 Å². The largest absolute Gasteiger partial charge is 0.295 e. The van der Waals surface area contributed by atoms with Crippen LogP contribution in [0.5, 0.6) is 0 Å². The molecule has 19 heavy (non-hydrogen) atoms. The summed E-state index contributed by atoms with van der Waals surface area (Å²) in [7, 11) is -3.05. The van der Waals surface area contributed by atoms with Crippen LogP contribution in [0.1, 0.15) is 6.42 Å². The molecule has 0 N–H and O–H groups in total. The summed E-state index contributed by atoms with van der Waals surface area (Å²) in [5.41, 5.74) is 0. The van der Waals surface area contributed by atoms with Crippen molar-refractivity contribution >= 4 is 21.9 Å². The molecule has 0 radical (unpaired) electrons. The van der Waals surface area contributed by atoms with Gasteiger partial charge >= 0.3 is 0 Å². The van der Waals surface area contributed by atoms with E-state index in [1.807, 2.05) is 0 Å². The van der Waals surface area contributed by atoms with E-state index >= 15 is 0 Å². The molecule has 2 bridgehead atoms. The van der Waals surface area contributed by atoms with Crippen LogP contribution >= 0.6 is 0 Å². The summed E-state index contributed by atoms with van der Waals surface area (Å²) in [5.74, 6) is 2.28. The summed E-state index contributed by atoms with van der Waals surface area (Å²) in [6.45, 7) is 14.2. The highest BCUT2D eigenvalue weighted by Crippen LogP contribution is 2.70. The number of Topliss-reactive ketones (excluding diaryl/α,β-unsaturated/α-hetero) is 1. The molecule has 0 heterocycles. The van der Waals surface area contributed by atoms with Crippen LogP contribution in [0.3, 0.4) is 0 Å². The second kappa shape index (κ2) is 3.61. The molecule has 3 aliphatic carbocycles. The first kappa shape index (κ1) is 13.6. The molecular weight excluding hydrogens is 264 g/mol. The molecule has 3 heteroatoms. The normalized spacial score (nSPS) is 40.8. The van der Waals surface area contributed by atoms with Gasteiger partial charge in [0.2, 0.25) is 0 Å². The van der Waals surface area contributed by atoms with Crippen LogP contribution in [0.2, 0.25) is 44.3 Å². The van der Waals surface area contributed by atoms with E-state index in [2.05, 4.69) is 57.5 Å². The Morgan fingerprint density at radius 3 is 2.21 bits per heavy atom. The summed E-state index contributed by atoms with van der Waals surface area (Å²) in [5, 5.41) is 1.25. The molecule has 104 valence electrons. The van der Waals surface area contributed by atoms with Crippen LogP contribution in [-0.4, -0.2) is 21.9 Å². The molecule has 0 aromatic rings. The average Bonchev–Trinajstić information content (AvgIpc) is 2.84. The van der Waals surface area contributed by atoms with Gasteiger partial charge in [0.15, 0.2) is 5.78 Å². The second-order valence-electron chi connectivity index (χ2n) is 8.70. The minimum absolute atomic E-state index is 0.00201. The second-order valence-corrected chi connectivity index (χ2v) is 19.1. The van der Waals surface area contributed by atoms with Crippen LogP contribution in [0.25, 0.3) is 0 Å². The van der Waals surface area contributed by atoms with E-state index in [4.69, 9.17) is 0 Å². The lowest BCUT2D eigenvalue weighted by molar-refractivity contribution is -0.118. The third-order valence-corrected chi connectivity index (χ3v) is 11.1. The minimum atomic E-state index is -1.54. The number of rotatable bonds is 2. The van der Waals surface area contributed by atoms with Gasteiger partial charge in [-0.1, -0.05) is 57.5 Å².